The van der Waals surface area contributed by atoms with Crippen molar-refractivity contribution in [2.45, 2.75) is 6.54 Å². The average molecular weight is 274 g/mol. The van der Waals surface area contributed by atoms with E-state index in [9.17, 15) is 9.59 Å². The number of Topliss-reactive ketones (excluding diaryl/α,β-unsaturated/α-hetero) is 1. The number of carbonyl (C=O) groups excluding carboxylic acids is 2. The molecule has 1 amide bonds. The minimum absolute atomic E-state index is 0.321. The standard InChI is InChI=1S/C13H10N2O3S/c1-18-8-2-3-10-9(6-8)12(16)13(17)15(10)7-11-14-4-5-19-11/h2-6H,7H2,1H3. The summed E-state index contributed by atoms with van der Waals surface area (Å²) in [4.78, 5) is 29.5. The first-order valence-electron chi connectivity index (χ1n) is 5.63. The maximum Gasteiger partial charge on any atom is 0.299 e. The summed E-state index contributed by atoms with van der Waals surface area (Å²) < 4.78 is 5.07. The molecule has 0 atom stereocenters. The lowest BCUT2D eigenvalue weighted by Crippen LogP contribution is -2.29. The van der Waals surface area contributed by atoms with E-state index in [0.717, 1.165) is 5.01 Å². The summed E-state index contributed by atoms with van der Waals surface area (Å²) >= 11 is 1.45. The average Bonchev–Trinajstić information content (AvgIpc) is 3.02. The second-order valence-corrected chi connectivity index (χ2v) is 5.01. The molecule has 6 heteroatoms. The first-order chi connectivity index (χ1) is 9.20. The Morgan fingerprint density at radius 2 is 2.21 bits per heavy atom. The number of ether oxygens (including phenoxy) is 1. The number of carbonyl (C=O) groups is 2. The van der Waals surface area contributed by atoms with Gasteiger partial charge in [-0.3, -0.25) is 14.5 Å². The van der Waals surface area contributed by atoms with Gasteiger partial charge in [-0.15, -0.1) is 11.3 Å². The van der Waals surface area contributed by atoms with Crippen molar-refractivity contribution in [3.63, 3.8) is 0 Å². The van der Waals surface area contributed by atoms with Gasteiger partial charge in [-0.2, -0.15) is 0 Å². The smallest absolute Gasteiger partial charge is 0.299 e. The topological polar surface area (TPSA) is 59.5 Å². The van der Waals surface area contributed by atoms with Crippen LogP contribution in [0.4, 0.5) is 5.69 Å². The van der Waals surface area contributed by atoms with Crippen molar-refractivity contribution in [3.8, 4) is 5.75 Å². The van der Waals surface area contributed by atoms with Gasteiger partial charge in [0.05, 0.1) is 24.9 Å². The summed E-state index contributed by atoms with van der Waals surface area (Å²) in [6.45, 7) is 0.321. The van der Waals surface area contributed by atoms with Gasteiger partial charge in [0.1, 0.15) is 10.8 Å². The molecule has 0 radical (unpaired) electrons. The maximum absolute atomic E-state index is 12.0. The zero-order valence-corrected chi connectivity index (χ0v) is 10.9. The highest BCUT2D eigenvalue weighted by molar-refractivity contribution is 7.09. The number of anilines is 1. The van der Waals surface area contributed by atoms with Crippen LogP contribution in [0.2, 0.25) is 0 Å². The molecule has 2 heterocycles. The zero-order chi connectivity index (χ0) is 13.4. The Labute approximate surface area is 113 Å². The van der Waals surface area contributed by atoms with Gasteiger partial charge in [0.25, 0.3) is 11.7 Å². The van der Waals surface area contributed by atoms with Gasteiger partial charge in [-0.25, -0.2) is 4.98 Å². The van der Waals surface area contributed by atoms with Gasteiger partial charge in [0.15, 0.2) is 0 Å². The van der Waals surface area contributed by atoms with Gasteiger partial charge in [-0.1, -0.05) is 0 Å². The van der Waals surface area contributed by atoms with Gasteiger partial charge in [-0.05, 0) is 18.2 Å². The molecule has 0 fully saturated rings. The van der Waals surface area contributed by atoms with Crippen molar-refractivity contribution in [3.05, 3.63) is 40.3 Å². The van der Waals surface area contributed by atoms with Crippen LogP contribution in [0, 0.1) is 0 Å². The Morgan fingerprint density at radius 3 is 2.89 bits per heavy atom. The van der Waals surface area contributed by atoms with Gasteiger partial charge >= 0.3 is 0 Å². The van der Waals surface area contributed by atoms with Crippen molar-refractivity contribution >= 4 is 28.7 Å². The van der Waals surface area contributed by atoms with Crippen molar-refractivity contribution < 1.29 is 14.3 Å². The third-order valence-electron chi connectivity index (χ3n) is 2.96. The molecule has 0 aliphatic carbocycles. The highest BCUT2D eigenvalue weighted by Gasteiger charge is 2.36. The minimum atomic E-state index is -0.515. The van der Waals surface area contributed by atoms with Crippen molar-refractivity contribution in [2.75, 3.05) is 12.0 Å². The van der Waals surface area contributed by atoms with Crippen LogP contribution in [-0.4, -0.2) is 23.8 Å². The van der Waals surface area contributed by atoms with Gasteiger partial charge < -0.3 is 4.74 Å². The fourth-order valence-corrected chi connectivity index (χ4v) is 2.63. The van der Waals surface area contributed by atoms with Crippen LogP contribution < -0.4 is 9.64 Å². The second-order valence-electron chi connectivity index (χ2n) is 4.03. The van der Waals surface area contributed by atoms with Crippen LogP contribution in [0.3, 0.4) is 0 Å². The monoisotopic (exact) mass is 274 g/mol. The van der Waals surface area contributed by atoms with Crippen molar-refractivity contribution in [1.82, 2.24) is 4.98 Å². The van der Waals surface area contributed by atoms with E-state index in [-0.39, 0.29) is 0 Å². The van der Waals surface area contributed by atoms with Crippen molar-refractivity contribution in [2.24, 2.45) is 0 Å². The number of amides is 1. The lowest BCUT2D eigenvalue weighted by Gasteiger charge is -2.14. The molecule has 1 aliphatic rings. The molecule has 1 aliphatic heterocycles. The number of hydrogen-bond acceptors (Lipinski definition) is 5. The predicted octanol–water partition coefficient (Wildman–Crippen LogP) is 1.88. The molecule has 0 spiro atoms. The Kier molecular flexibility index (Phi) is 2.79. The lowest BCUT2D eigenvalue weighted by atomic mass is 10.1. The van der Waals surface area contributed by atoms with E-state index in [1.807, 2.05) is 5.38 Å². The fourth-order valence-electron chi connectivity index (χ4n) is 2.03. The van der Waals surface area contributed by atoms with E-state index >= 15 is 0 Å². The number of aromatic nitrogens is 1. The highest BCUT2D eigenvalue weighted by Crippen LogP contribution is 2.33. The summed E-state index contributed by atoms with van der Waals surface area (Å²) in [5.41, 5.74) is 1.01. The zero-order valence-electron chi connectivity index (χ0n) is 10.1. The first-order valence-corrected chi connectivity index (χ1v) is 6.51. The first kappa shape index (κ1) is 11.9. The van der Waals surface area contributed by atoms with Crippen molar-refractivity contribution in [1.29, 1.82) is 0 Å². The molecule has 19 heavy (non-hydrogen) atoms. The number of methoxy groups -OCH3 is 1. The van der Waals surface area contributed by atoms with Crippen LogP contribution in [0.1, 0.15) is 15.4 Å². The maximum atomic E-state index is 12.0. The number of benzene rings is 1. The molecular formula is C13H10N2O3S. The third kappa shape index (κ3) is 1.90. The quantitative estimate of drug-likeness (QED) is 0.802. The number of fused-ring (bicyclic) bond motifs is 1. The molecule has 0 saturated heterocycles. The Bertz CT molecular complexity index is 652. The third-order valence-corrected chi connectivity index (χ3v) is 3.72. The molecule has 0 bridgehead atoms. The second kappa shape index (κ2) is 4.47. The van der Waals surface area contributed by atoms with Crippen LogP contribution >= 0.6 is 11.3 Å². The summed E-state index contributed by atoms with van der Waals surface area (Å²) in [6.07, 6.45) is 1.68. The molecule has 96 valence electrons. The normalized spacial score (nSPS) is 13.8. The Hall–Kier alpha value is -2.21. The summed E-state index contributed by atoms with van der Waals surface area (Å²) in [5, 5.41) is 2.64. The Balaban J connectivity index is 2.00. The number of ketones is 1. The molecule has 2 aromatic rings. The van der Waals surface area contributed by atoms with E-state index in [0.29, 0.717) is 23.5 Å². The molecule has 1 aromatic heterocycles. The van der Waals surface area contributed by atoms with E-state index in [1.54, 1.807) is 24.4 Å². The van der Waals surface area contributed by atoms with Gasteiger partial charge in [0, 0.05) is 11.6 Å². The van der Waals surface area contributed by atoms with E-state index in [2.05, 4.69) is 4.98 Å². The molecule has 1 aromatic carbocycles. The fraction of sp³-hybridized carbons (Fsp3) is 0.154. The van der Waals surface area contributed by atoms with Crippen LogP contribution in [-0.2, 0) is 11.3 Å². The van der Waals surface area contributed by atoms with E-state index in [1.165, 1.54) is 23.3 Å². The number of nitrogens with zero attached hydrogens (tertiary/aromatic N) is 2. The summed E-state index contributed by atoms with van der Waals surface area (Å²) in [6, 6.07) is 5.06. The lowest BCUT2D eigenvalue weighted by molar-refractivity contribution is -0.114. The minimum Gasteiger partial charge on any atom is -0.497 e. The van der Waals surface area contributed by atoms with E-state index in [4.69, 9.17) is 4.74 Å². The molecular weight excluding hydrogens is 264 g/mol. The molecule has 0 N–H and O–H groups in total. The van der Waals surface area contributed by atoms with Crippen LogP contribution in [0.15, 0.2) is 29.8 Å². The van der Waals surface area contributed by atoms with Crippen LogP contribution in [0.25, 0.3) is 0 Å². The predicted molar refractivity (Wildman–Crippen MR) is 70.6 cm³/mol. The van der Waals surface area contributed by atoms with Gasteiger partial charge in [0.2, 0.25) is 0 Å². The number of rotatable bonds is 3. The highest BCUT2D eigenvalue weighted by atomic mass is 32.1. The SMILES string of the molecule is COc1ccc2c(c1)C(=O)C(=O)N2Cc1nccs1. The number of hydrogen-bond donors (Lipinski definition) is 0. The Morgan fingerprint density at radius 1 is 1.37 bits per heavy atom. The molecule has 3 rings (SSSR count). The van der Waals surface area contributed by atoms with Crippen LogP contribution in [0.5, 0.6) is 5.75 Å². The molecule has 5 nitrogen and oxygen atoms in total. The molecule has 0 unspecified atom stereocenters. The van der Waals surface area contributed by atoms with E-state index < -0.39 is 11.7 Å². The number of thiazole rings is 1. The summed E-state index contributed by atoms with van der Waals surface area (Å²) in [5.74, 6) is -0.445. The molecule has 0 saturated carbocycles. The summed E-state index contributed by atoms with van der Waals surface area (Å²) in [7, 11) is 1.52. The largest absolute Gasteiger partial charge is 0.497 e.